The molecule has 4 aromatic rings. The van der Waals surface area contributed by atoms with Crippen molar-refractivity contribution in [1.29, 1.82) is 0 Å². The van der Waals surface area contributed by atoms with E-state index in [1.54, 1.807) is 24.5 Å². The first-order valence-electron chi connectivity index (χ1n) is 11.7. The van der Waals surface area contributed by atoms with Gasteiger partial charge >= 0.3 is 0 Å². The van der Waals surface area contributed by atoms with Crippen LogP contribution in [0.1, 0.15) is 0 Å². The number of hydrogen-bond donors (Lipinski definition) is 2. The fourth-order valence-corrected chi connectivity index (χ4v) is 4.21. The Kier molecular flexibility index (Phi) is 6.81. The SMILES string of the molecule is CN1CCN(c2ccc(Nc3ncc4cccc(-c5ncccc5NC(=O)C=CF)c4n3)cc2)CC1. The number of anilines is 4. The van der Waals surface area contributed by atoms with E-state index in [0.717, 1.165) is 48.9 Å². The number of nitrogens with one attached hydrogen (secondary N) is 2. The third-order valence-corrected chi connectivity index (χ3v) is 6.14. The van der Waals surface area contributed by atoms with E-state index in [1.807, 2.05) is 30.3 Å². The minimum Gasteiger partial charge on any atom is -0.369 e. The van der Waals surface area contributed by atoms with Gasteiger partial charge in [-0.15, -0.1) is 0 Å². The molecule has 3 heterocycles. The van der Waals surface area contributed by atoms with Crippen molar-refractivity contribution in [2.75, 3.05) is 48.8 Å². The molecule has 0 saturated carbocycles. The Labute approximate surface area is 208 Å². The predicted octanol–water partition coefficient (Wildman–Crippen LogP) is 4.61. The van der Waals surface area contributed by atoms with Crippen molar-refractivity contribution in [1.82, 2.24) is 19.9 Å². The van der Waals surface area contributed by atoms with Crippen LogP contribution in [0.5, 0.6) is 0 Å². The lowest BCUT2D eigenvalue weighted by atomic mass is 10.1. The van der Waals surface area contributed by atoms with E-state index in [2.05, 4.69) is 49.6 Å². The van der Waals surface area contributed by atoms with E-state index < -0.39 is 5.91 Å². The van der Waals surface area contributed by atoms with Gasteiger partial charge in [0, 0.05) is 67.0 Å². The number of nitrogens with zero attached hydrogens (tertiary/aromatic N) is 5. The molecule has 1 aliphatic heterocycles. The summed E-state index contributed by atoms with van der Waals surface area (Å²) in [5.74, 6) is -0.131. The van der Waals surface area contributed by atoms with Crippen molar-refractivity contribution in [3.63, 3.8) is 0 Å². The number of fused-ring (bicyclic) bond motifs is 1. The molecule has 0 atom stereocenters. The van der Waals surface area contributed by atoms with E-state index in [4.69, 9.17) is 4.98 Å². The first-order valence-corrected chi connectivity index (χ1v) is 11.7. The average molecular weight is 484 g/mol. The van der Waals surface area contributed by atoms with Gasteiger partial charge in [0.05, 0.1) is 23.2 Å². The van der Waals surface area contributed by atoms with Gasteiger partial charge in [0.2, 0.25) is 5.95 Å². The van der Waals surface area contributed by atoms with E-state index in [1.165, 1.54) is 5.69 Å². The summed E-state index contributed by atoms with van der Waals surface area (Å²) in [7, 11) is 2.15. The van der Waals surface area contributed by atoms with Crippen molar-refractivity contribution < 1.29 is 9.18 Å². The standard InChI is InChI=1S/C27H26FN7O/c1-34-14-16-35(17-15-34)21-9-7-20(8-10-21)31-27-30-18-19-4-2-5-22(25(19)33-27)26-23(6-3-13-29-26)32-24(36)11-12-28/h2-13,18H,14-17H2,1H3,(H,32,36)(H,30,31,33). The third kappa shape index (κ3) is 5.16. The minimum absolute atomic E-state index is 0.201. The minimum atomic E-state index is -0.580. The lowest BCUT2D eigenvalue weighted by Crippen LogP contribution is -2.44. The Balaban J connectivity index is 1.42. The number of aromatic nitrogens is 3. The molecule has 1 amide bonds. The predicted molar refractivity (Wildman–Crippen MR) is 141 cm³/mol. The zero-order chi connectivity index (χ0) is 24.9. The summed E-state index contributed by atoms with van der Waals surface area (Å²) in [4.78, 5) is 30.4. The summed E-state index contributed by atoms with van der Waals surface area (Å²) < 4.78 is 12.4. The van der Waals surface area contributed by atoms with Crippen LogP contribution >= 0.6 is 0 Å². The van der Waals surface area contributed by atoms with Gasteiger partial charge < -0.3 is 20.4 Å². The van der Waals surface area contributed by atoms with Crippen LogP contribution in [-0.4, -0.2) is 59.0 Å². The zero-order valence-corrected chi connectivity index (χ0v) is 19.9. The van der Waals surface area contributed by atoms with Gasteiger partial charge in [-0.3, -0.25) is 9.78 Å². The highest BCUT2D eigenvalue weighted by Crippen LogP contribution is 2.31. The molecule has 5 rings (SSSR count). The zero-order valence-electron chi connectivity index (χ0n) is 19.9. The average Bonchev–Trinajstić information content (AvgIpc) is 2.90. The molecule has 9 heteroatoms. The maximum atomic E-state index is 12.4. The molecule has 8 nitrogen and oxygen atoms in total. The van der Waals surface area contributed by atoms with Gasteiger partial charge in [0.1, 0.15) is 0 Å². The number of hydrogen-bond acceptors (Lipinski definition) is 7. The first-order chi connectivity index (χ1) is 17.6. The molecule has 1 fully saturated rings. The van der Waals surface area contributed by atoms with Crippen molar-refractivity contribution in [3.05, 3.63) is 79.4 Å². The third-order valence-electron chi connectivity index (χ3n) is 6.14. The summed E-state index contributed by atoms with van der Waals surface area (Å²) in [5.41, 5.74) is 4.48. The Morgan fingerprint density at radius 1 is 1.00 bits per heavy atom. The molecule has 2 aromatic carbocycles. The smallest absolute Gasteiger partial charge is 0.250 e. The number of likely N-dealkylation sites (N-methyl/N-ethyl adjacent to an activating group) is 1. The number of carbonyl (C=O) groups excluding carboxylic acids is 1. The topological polar surface area (TPSA) is 86.3 Å². The molecule has 0 unspecified atom stereocenters. The lowest BCUT2D eigenvalue weighted by Gasteiger charge is -2.34. The molecule has 1 aliphatic rings. The lowest BCUT2D eigenvalue weighted by molar-refractivity contribution is -0.111. The maximum absolute atomic E-state index is 12.4. The monoisotopic (exact) mass is 483 g/mol. The van der Waals surface area contributed by atoms with Gasteiger partial charge in [-0.1, -0.05) is 18.2 Å². The number of piperazine rings is 1. The van der Waals surface area contributed by atoms with Crippen molar-refractivity contribution in [2.24, 2.45) is 0 Å². The number of halogens is 1. The van der Waals surface area contributed by atoms with Crippen LogP contribution in [-0.2, 0) is 4.79 Å². The number of benzene rings is 2. The van der Waals surface area contributed by atoms with Crippen LogP contribution in [0.25, 0.3) is 22.2 Å². The second-order valence-corrected chi connectivity index (χ2v) is 8.58. The summed E-state index contributed by atoms with van der Waals surface area (Å²) in [5, 5.41) is 6.78. The number of carbonyl (C=O) groups is 1. The fourth-order valence-electron chi connectivity index (χ4n) is 4.21. The molecule has 2 aromatic heterocycles. The number of pyridine rings is 1. The highest BCUT2D eigenvalue weighted by atomic mass is 19.1. The van der Waals surface area contributed by atoms with Gasteiger partial charge in [-0.25, -0.2) is 14.4 Å². The molecule has 182 valence electrons. The van der Waals surface area contributed by atoms with E-state index >= 15 is 0 Å². The molecule has 36 heavy (non-hydrogen) atoms. The number of rotatable bonds is 6. The van der Waals surface area contributed by atoms with Crippen LogP contribution in [0.4, 0.5) is 27.4 Å². The summed E-state index contributed by atoms with van der Waals surface area (Å²) in [6.45, 7) is 4.14. The second kappa shape index (κ2) is 10.5. The second-order valence-electron chi connectivity index (χ2n) is 8.58. The van der Waals surface area contributed by atoms with Gasteiger partial charge in [0.25, 0.3) is 5.91 Å². The fraction of sp³-hybridized carbons (Fsp3) is 0.185. The number of amides is 1. The first kappa shape index (κ1) is 23.4. The van der Waals surface area contributed by atoms with E-state index in [-0.39, 0.29) is 6.33 Å². The van der Waals surface area contributed by atoms with E-state index in [9.17, 15) is 9.18 Å². The highest BCUT2D eigenvalue weighted by Gasteiger charge is 2.15. The quantitative estimate of drug-likeness (QED) is 0.388. The summed E-state index contributed by atoms with van der Waals surface area (Å²) >= 11 is 0. The number of para-hydroxylation sites is 1. The molecular formula is C27H26FN7O. The molecule has 1 saturated heterocycles. The highest BCUT2D eigenvalue weighted by molar-refractivity contribution is 6.03. The maximum Gasteiger partial charge on any atom is 0.250 e. The molecule has 0 bridgehead atoms. The van der Waals surface area contributed by atoms with E-state index in [0.29, 0.717) is 22.8 Å². The normalized spacial score (nSPS) is 14.3. The van der Waals surface area contributed by atoms with Gasteiger partial charge in [0.15, 0.2) is 0 Å². The largest absolute Gasteiger partial charge is 0.369 e. The van der Waals surface area contributed by atoms with Crippen LogP contribution in [0, 0.1) is 0 Å². The molecular weight excluding hydrogens is 457 g/mol. The molecule has 0 spiro atoms. The van der Waals surface area contributed by atoms with Gasteiger partial charge in [-0.2, -0.15) is 0 Å². The Bertz CT molecular complexity index is 1400. The Morgan fingerprint density at radius 2 is 1.81 bits per heavy atom. The van der Waals surface area contributed by atoms with Crippen LogP contribution in [0.3, 0.4) is 0 Å². The summed E-state index contributed by atoms with van der Waals surface area (Å²) in [6.07, 6.45) is 4.40. The van der Waals surface area contributed by atoms with Crippen LogP contribution in [0.2, 0.25) is 0 Å². The van der Waals surface area contributed by atoms with Gasteiger partial charge in [-0.05, 0) is 43.4 Å². The summed E-state index contributed by atoms with van der Waals surface area (Å²) in [6, 6.07) is 17.4. The molecule has 0 radical (unpaired) electrons. The van der Waals surface area contributed by atoms with Crippen LogP contribution in [0.15, 0.2) is 79.4 Å². The van der Waals surface area contributed by atoms with Crippen molar-refractivity contribution in [3.8, 4) is 11.3 Å². The molecule has 2 N–H and O–H groups in total. The molecule has 0 aliphatic carbocycles. The van der Waals surface area contributed by atoms with Crippen molar-refractivity contribution >= 4 is 39.8 Å². The Hall–Kier alpha value is -4.37. The van der Waals surface area contributed by atoms with Crippen LogP contribution < -0.4 is 15.5 Å². The Morgan fingerprint density at radius 3 is 2.58 bits per heavy atom. The van der Waals surface area contributed by atoms with Crippen molar-refractivity contribution in [2.45, 2.75) is 0 Å².